The van der Waals surface area contributed by atoms with Crippen LogP contribution >= 0.6 is 23.1 Å². The highest BCUT2D eigenvalue weighted by Crippen LogP contribution is 2.33. The highest BCUT2D eigenvalue weighted by atomic mass is 32.2. The van der Waals surface area contributed by atoms with Crippen LogP contribution < -0.4 is 5.32 Å². The van der Waals surface area contributed by atoms with E-state index in [1.165, 1.54) is 35.2 Å². The van der Waals surface area contributed by atoms with E-state index in [4.69, 9.17) is 0 Å². The maximum absolute atomic E-state index is 12.2. The van der Waals surface area contributed by atoms with Crippen molar-refractivity contribution in [3.63, 3.8) is 0 Å². The lowest BCUT2D eigenvalue weighted by Crippen LogP contribution is -2.30. The fourth-order valence-corrected chi connectivity index (χ4v) is 4.46. The molecule has 0 unspecified atom stereocenters. The van der Waals surface area contributed by atoms with Crippen molar-refractivity contribution >= 4 is 44.9 Å². The van der Waals surface area contributed by atoms with Gasteiger partial charge in [0.2, 0.25) is 5.91 Å². The van der Waals surface area contributed by atoms with Crippen molar-refractivity contribution in [2.75, 3.05) is 0 Å². The Morgan fingerprint density at radius 3 is 2.80 bits per heavy atom. The molecule has 0 fully saturated rings. The largest absolute Gasteiger partial charge is 0.351 e. The molecule has 1 heterocycles. The van der Waals surface area contributed by atoms with Crippen LogP contribution in [0.5, 0.6) is 0 Å². The molecule has 25 heavy (non-hydrogen) atoms. The standard InChI is InChI=1S/C17H15N3O3S2/c1-11(16(21)18-10-12-5-3-2-4-6-12)24-17-19-14-8-7-13(20(22)23)9-15(14)25-17/h2-9,11H,10H2,1H3,(H,18,21)/t11-/m0/s1. The number of nitro groups is 1. The Hall–Kier alpha value is -2.45. The SMILES string of the molecule is C[C@H](Sc1nc2ccc([N+](=O)[O-])cc2s1)C(=O)NCc1ccccc1. The van der Waals surface area contributed by atoms with Crippen LogP contribution in [0.4, 0.5) is 5.69 Å². The zero-order valence-corrected chi connectivity index (χ0v) is 15.0. The molecule has 0 aliphatic heterocycles. The maximum atomic E-state index is 12.2. The van der Waals surface area contributed by atoms with Crippen LogP contribution in [0.2, 0.25) is 0 Å². The summed E-state index contributed by atoms with van der Waals surface area (Å²) < 4.78 is 1.46. The minimum Gasteiger partial charge on any atom is -0.351 e. The number of benzene rings is 2. The van der Waals surface area contributed by atoms with Gasteiger partial charge in [-0.2, -0.15) is 0 Å². The number of aromatic nitrogens is 1. The number of hydrogen-bond donors (Lipinski definition) is 1. The van der Waals surface area contributed by atoms with Crippen molar-refractivity contribution in [2.45, 2.75) is 23.1 Å². The first-order valence-corrected chi connectivity index (χ1v) is 9.26. The number of non-ortho nitro benzene ring substituents is 1. The van der Waals surface area contributed by atoms with E-state index in [0.29, 0.717) is 12.1 Å². The van der Waals surface area contributed by atoms with Gasteiger partial charge in [-0.15, -0.1) is 11.3 Å². The zero-order valence-electron chi connectivity index (χ0n) is 13.3. The molecule has 0 saturated carbocycles. The van der Waals surface area contributed by atoms with E-state index >= 15 is 0 Å². The molecule has 1 aromatic heterocycles. The summed E-state index contributed by atoms with van der Waals surface area (Å²) in [5, 5.41) is 13.4. The minimum absolute atomic E-state index is 0.0429. The topological polar surface area (TPSA) is 85.1 Å². The number of nitro benzene ring substituents is 1. The molecule has 0 aliphatic carbocycles. The Morgan fingerprint density at radius 2 is 2.08 bits per heavy atom. The molecule has 1 amide bonds. The number of amides is 1. The molecular formula is C17H15N3O3S2. The van der Waals surface area contributed by atoms with Gasteiger partial charge in [0.1, 0.15) is 0 Å². The van der Waals surface area contributed by atoms with Crippen molar-refractivity contribution in [1.29, 1.82) is 0 Å². The Bertz CT molecular complexity index is 912. The zero-order chi connectivity index (χ0) is 17.8. The second-order valence-electron chi connectivity index (χ2n) is 5.35. The Morgan fingerprint density at radius 1 is 1.32 bits per heavy atom. The van der Waals surface area contributed by atoms with Crippen molar-refractivity contribution in [3.8, 4) is 0 Å². The monoisotopic (exact) mass is 373 g/mol. The highest BCUT2D eigenvalue weighted by Gasteiger charge is 2.17. The van der Waals surface area contributed by atoms with Crippen LogP contribution in [-0.2, 0) is 11.3 Å². The van der Waals surface area contributed by atoms with E-state index in [1.54, 1.807) is 6.07 Å². The second-order valence-corrected chi connectivity index (χ2v) is 7.97. The Kier molecular flexibility index (Phi) is 5.30. The number of rotatable bonds is 6. The molecule has 0 saturated heterocycles. The first-order chi connectivity index (χ1) is 12.0. The molecular weight excluding hydrogens is 358 g/mol. The molecule has 0 spiro atoms. The molecule has 8 heteroatoms. The first kappa shape index (κ1) is 17.4. The highest BCUT2D eigenvalue weighted by molar-refractivity contribution is 8.02. The number of nitrogens with zero attached hydrogens (tertiary/aromatic N) is 2. The molecule has 3 rings (SSSR count). The van der Waals surface area contributed by atoms with E-state index in [2.05, 4.69) is 10.3 Å². The number of hydrogen-bond acceptors (Lipinski definition) is 6. The fourth-order valence-electron chi connectivity index (χ4n) is 2.19. The predicted molar refractivity (Wildman–Crippen MR) is 99.9 cm³/mol. The normalized spacial score (nSPS) is 12.0. The van der Waals surface area contributed by atoms with Crippen molar-refractivity contribution in [3.05, 3.63) is 64.2 Å². The summed E-state index contributed by atoms with van der Waals surface area (Å²) in [5.74, 6) is -0.0703. The van der Waals surface area contributed by atoms with Gasteiger partial charge < -0.3 is 5.32 Å². The summed E-state index contributed by atoms with van der Waals surface area (Å²) in [6.45, 7) is 2.30. The lowest BCUT2D eigenvalue weighted by atomic mass is 10.2. The molecule has 3 aromatic rings. The molecule has 1 N–H and O–H groups in total. The van der Waals surface area contributed by atoms with Crippen LogP contribution in [0.3, 0.4) is 0 Å². The molecule has 0 bridgehead atoms. The van der Waals surface area contributed by atoms with Gasteiger partial charge in [-0.1, -0.05) is 42.1 Å². The van der Waals surface area contributed by atoms with Crippen molar-refractivity contribution < 1.29 is 9.72 Å². The van der Waals surface area contributed by atoms with Gasteiger partial charge in [-0.25, -0.2) is 4.98 Å². The number of nitrogens with one attached hydrogen (secondary N) is 1. The number of thioether (sulfide) groups is 1. The third kappa shape index (κ3) is 4.34. The number of thiazole rings is 1. The van der Waals surface area contributed by atoms with E-state index in [0.717, 1.165) is 14.6 Å². The van der Waals surface area contributed by atoms with Gasteiger partial charge in [0.15, 0.2) is 4.34 Å². The average molecular weight is 373 g/mol. The first-order valence-electron chi connectivity index (χ1n) is 7.56. The lowest BCUT2D eigenvalue weighted by Gasteiger charge is -2.10. The van der Waals surface area contributed by atoms with Gasteiger partial charge in [-0.3, -0.25) is 14.9 Å². The molecule has 1 atom stereocenters. The van der Waals surface area contributed by atoms with Gasteiger partial charge in [-0.05, 0) is 18.6 Å². The Labute approximate surface area is 152 Å². The van der Waals surface area contributed by atoms with E-state index in [9.17, 15) is 14.9 Å². The van der Waals surface area contributed by atoms with Gasteiger partial charge in [0, 0.05) is 18.7 Å². The molecule has 0 aliphatic rings. The summed E-state index contributed by atoms with van der Waals surface area (Å²) in [6, 6.07) is 14.3. The molecule has 6 nitrogen and oxygen atoms in total. The third-order valence-electron chi connectivity index (χ3n) is 3.52. The number of carbonyl (C=O) groups is 1. The second kappa shape index (κ2) is 7.62. The van der Waals surface area contributed by atoms with E-state index < -0.39 is 4.92 Å². The minimum atomic E-state index is -0.425. The van der Waals surface area contributed by atoms with Crippen LogP contribution in [0.1, 0.15) is 12.5 Å². The molecule has 128 valence electrons. The van der Waals surface area contributed by atoms with Gasteiger partial charge >= 0.3 is 0 Å². The quantitative estimate of drug-likeness (QED) is 0.401. The lowest BCUT2D eigenvalue weighted by molar-refractivity contribution is -0.384. The summed E-state index contributed by atoms with van der Waals surface area (Å²) in [7, 11) is 0. The van der Waals surface area contributed by atoms with E-state index in [-0.39, 0.29) is 16.8 Å². The maximum Gasteiger partial charge on any atom is 0.270 e. The number of carbonyl (C=O) groups excluding carboxylic acids is 1. The van der Waals surface area contributed by atoms with Gasteiger partial charge in [0.25, 0.3) is 5.69 Å². The van der Waals surface area contributed by atoms with Crippen LogP contribution in [0.15, 0.2) is 52.9 Å². The third-order valence-corrected chi connectivity index (χ3v) is 5.73. The molecule has 0 radical (unpaired) electrons. The predicted octanol–water partition coefficient (Wildman–Crippen LogP) is 4.00. The van der Waals surface area contributed by atoms with Crippen LogP contribution in [0.25, 0.3) is 10.2 Å². The smallest absolute Gasteiger partial charge is 0.270 e. The fraction of sp³-hybridized carbons (Fsp3) is 0.176. The Balaban J connectivity index is 1.63. The summed E-state index contributed by atoms with van der Waals surface area (Å²) in [4.78, 5) is 27.1. The van der Waals surface area contributed by atoms with Crippen molar-refractivity contribution in [1.82, 2.24) is 10.3 Å². The average Bonchev–Trinajstić information content (AvgIpc) is 3.01. The van der Waals surface area contributed by atoms with Crippen LogP contribution in [-0.4, -0.2) is 21.1 Å². The molecule has 2 aromatic carbocycles. The van der Waals surface area contributed by atoms with E-state index in [1.807, 2.05) is 37.3 Å². The van der Waals surface area contributed by atoms with Gasteiger partial charge in [0.05, 0.1) is 20.4 Å². The summed E-state index contributed by atoms with van der Waals surface area (Å²) >= 11 is 2.71. The number of fused-ring (bicyclic) bond motifs is 1. The summed E-state index contributed by atoms with van der Waals surface area (Å²) in [6.07, 6.45) is 0. The van der Waals surface area contributed by atoms with Crippen LogP contribution in [0, 0.1) is 10.1 Å². The van der Waals surface area contributed by atoms with Crippen molar-refractivity contribution in [2.24, 2.45) is 0 Å². The summed E-state index contributed by atoms with van der Waals surface area (Å²) in [5.41, 5.74) is 1.79.